The Balaban J connectivity index is 0.00000111. The van der Waals surface area contributed by atoms with Gasteiger partial charge in [-0.25, -0.2) is 8.42 Å². The Kier molecular flexibility index (Phi) is 15.6. The highest BCUT2D eigenvalue weighted by atomic mass is 32.2. The van der Waals surface area contributed by atoms with E-state index in [1.165, 1.54) is 74.8 Å². The van der Waals surface area contributed by atoms with Crippen LogP contribution in [-0.2, 0) is 19.6 Å². The van der Waals surface area contributed by atoms with Crippen molar-refractivity contribution in [2.24, 2.45) is 0 Å². The van der Waals surface area contributed by atoms with Gasteiger partial charge in [-0.2, -0.15) is 0 Å². The van der Waals surface area contributed by atoms with E-state index in [0.29, 0.717) is 17.8 Å². The first kappa shape index (κ1) is 38.4. The Morgan fingerprint density at radius 2 is 0.979 bits per heavy atom. The molecule has 1 aliphatic rings. The van der Waals surface area contributed by atoms with Crippen molar-refractivity contribution in [3.05, 3.63) is 114 Å². The lowest BCUT2D eigenvalue weighted by Crippen LogP contribution is -2.33. The van der Waals surface area contributed by atoms with E-state index in [2.05, 4.69) is 91.0 Å². The van der Waals surface area contributed by atoms with E-state index >= 15 is 0 Å². The summed E-state index contributed by atoms with van der Waals surface area (Å²) in [5.41, 5.74) is 1.64. The Hall–Kier alpha value is -3.00. The maximum Gasteiger partial charge on any atom is 0.169 e. The third-order valence-electron chi connectivity index (χ3n) is 8.71. The van der Waals surface area contributed by atoms with Crippen LogP contribution in [-0.4, -0.2) is 62.0 Å². The molecule has 3 aromatic carbocycles. The molecule has 0 spiro atoms. The molecule has 9 heteroatoms. The highest BCUT2D eigenvalue weighted by Gasteiger charge is 2.44. The summed E-state index contributed by atoms with van der Waals surface area (Å²) in [7, 11) is -2.64. The number of methoxy groups -OCH3 is 2. The van der Waals surface area contributed by atoms with Gasteiger partial charge in [0.2, 0.25) is 0 Å². The number of unbranched alkanes of at least 4 members (excludes halogenated alkanes) is 7. The van der Waals surface area contributed by atoms with Gasteiger partial charge in [0.05, 0.1) is 30.5 Å². The SMILES string of the molecule is COC1=C(OC)C(O)C(CCCCCCCCCC[P+](c2ccccc2)(c2ccccc2)c2ccccc2)=C(C)C1O.CS(=O)(=O)[O-]. The van der Waals surface area contributed by atoms with Gasteiger partial charge in [0.1, 0.15) is 35.4 Å². The minimum Gasteiger partial charge on any atom is -0.748 e. The van der Waals surface area contributed by atoms with Gasteiger partial charge in [-0.15, -0.1) is 0 Å². The molecule has 2 N–H and O–H groups in total. The molecule has 0 fully saturated rings. The zero-order chi connectivity index (χ0) is 34.3. The van der Waals surface area contributed by atoms with Crippen molar-refractivity contribution in [1.82, 2.24) is 0 Å². The van der Waals surface area contributed by atoms with Crippen molar-refractivity contribution in [3.63, 3.8) is 0 Å². The molecule has 0 aromatic heterocycles. The fourth-order valence-corrected chi connectivity index (χ4v) is 10.8. The summed E-state index contributed by atoms with van der Waals surface area (Å²) in [5.74, 6) is 0.630. The minimum atomic E-state index is -3.92. The smallest absolute Gasteiger partial charge is 0.169 e. The Bertz CT molecular complexity index is 1420. The van der Waals surface area contributed by atoms with Crippen LogP contribution < -0.4 is 15.9 Å². The Morgan fingerprint density at radius 1 is 0.638 bits per heavy atom. The molecule has 0 heterocycles. The number of hydrogen-bond donors (Lipinski definition) is 2. The van der Waals surface area contributed by atoms with Gasteiger partial charge in [-0.05, 0) is 80.2 Å². The topological polar surface area (TPSA) is 116 Å². The van der Waals surface area contributed by atoms with Crippen LogP contribution in [0.5, 0.6) is 0 Å². The molecule has 4 rings (SSSR count). The number of ether oxygens (including phenoxy) is 2. The molecule has 47 heavy (non-hydrogen) atoms. The van der Waals surface area contributed by atoms with Gasteiger partial charge >= 0.3 is 0 Å². The molecule has 0 saturated heterocycles. The molecular formula is C38H51O7PS. The van der Waals surface area contributed by atoms with Crippen LogP contribution in [0.3, 0.4) is 0 Å². The normalized spacial score (nSPS) is 16.8. The number of aliphatic hydroxyl groups excluding tert-OH is 2. The summed E-state index contributed by atoms with van der Waals surface area (Å²) in [5, 5.41) is 25.8. The summed E-state index contributed by atoms with van der Waals surface area (Å²) < 4.78 is 37.9. The lowest BCUT2D eigenvalue weighted by Gasteiger charge is -2.30. The summed E-state index contributed by atoms with van der Waals surface area (Å²) in [6.45, 7) is 1.87. The van der Waals surface area contributed by atoms with Gasteiger partial charge in [0, 0.05) is 6.26 Å². The van der Waals surface area contributed by atoms with Crippen LogP contribution in [0.25, 0.3) is 0 Å². The Morgan fingerprint density at radius 3 is 1.36 bits per heavy atom. The van der Waals surface area contributed by atoms with E-state index in [1.807, 2.05) is 6.92 Å². The van der Waals surface area contributed by atoms with E-state index in [0.717, 1.165) is 30.4 Å². The van der Waals surface area contributed by atoms with Crippen molar-refractivity contribution >= 4 is 33.3 Å². The molecule has 3 aromatic rings. The predicted octanol–water partition coefficient (Wildman–Crippen LogP) is 6.21. The van der Waals surface area contributed by atoms with Crippen molar-refractivity contribution in [3.8, 4) is 0 Å². The molecule has 0 radical (unpaired) electrons. The van der Waals surface area contributed by atoms with Crippen LogP contribution in [0, 0.1) is 0 Å². The van der Waals surface area contributed by atoms with Crippen LogP contribution >= 0.6 is 7.26 Å². The van der Waals surface area contributed by atoms with Gasteiger partial charge in [0.15, 0.2) is 11.5 Å². The van der Waals surface area contributed by atoms with Crippen LogP contribution in [0.2, 0.25) is 0 Å². The molecule has 0 bridgehead atoms. The molecule has 0 aliphatic heterocycles. The van der Waals surface area contributed by atoms with Crippen LogP contribution in [0.1, 0.15) is 64.7 Å². The first-order valence-corrected chi connectivity index (χ1v) is 20.2. The second kappa shape index (κ2) is 19.1. The number of benzene rings is 3. The van der Waals surface area contributed by atoms with Gasteiger partial charge < -0.3 is 24.2 Å². The number of hydrogen-bond acceptors (Lipinski definition) is 7. The van der Waals surface area contributed by atoms with Gasteiger partial charge in [-0.1, -0.05) is 86.7 Å². The fourth-order valence-electron chi connectivity index (χ4n) is 6.38. The molecule has 7 nitrogen and oxygen atoms in total. The average molecular weight is 683 g/mol. The molecule has 2 unspecified atom stereocenters. The van der Waals surface area contributed by atoms with Crippen LogP contribution in [0.4, 0.5) is 0 Å². The third kappa shape index (κ3) is 11.0. The van der Waals surface area contributed by atoms with Crippen molar-refractivity contribution in [1.29, 1.82) is 0 Å². The summed E-state index contributed by atoms with van der Waals surface area (Å²) in [6.07, 6.45) is 10.4. The van der Waals surface area contributed by atoms with E-state index in [9.17, 15) is 10.2 Å². The monoisotopic (exact) mass is 682 g/mol. The maximum atomic E-state index is 10.8. The Labute approximate surface area is 282 Å². The summed E-state index contributed by atoms with van der Waals surface area (Å²) in [4.78, 5) is 0. The number of rotatable bonds is 16. The predicted molar refractivity (Wildman–Crippen MR) is 193 cm³/mol. The highest BCUT2D eigenvalue weighted by molar-refractivity contribution is 7.95. The fraction of sp³-hybridized carbons (Fsp3) is 0.421. The molecular weight excluding hydrogens is 631 g/mol. The zero-order valence-electron chi connectivity index (χ0n) is 28.2. The summed E-state index contributed by atoms with van der Waals surface area (Å²) in [6, 6.07) is 33.5. The van der Waals surface area contributed by atoms with Crippen LogP contribution in [0.15, 0.2) is 114 Å². The lowest BCUT2D eigenvalue weighted by molar-refractivity contribution is 0.0785. The minimum absolute atomic E-state index is 0.307. The maximum absolute atomic E-state index is 10.8. The van der Waals surface area contributed by atoms with E-state index in [4.69, 9.17) is 22.4 Å². The largest absolute Gasteiger partial charge is 0.748 e. The van der Waals surface area contributed by atoms with Gasteiger partial charge in [0.25, 0.3) is 0 Å². The molecule has 2 atom stereocenters. The van der Waals surface area contributed by atoms with Crippen molar-refractivity contribution in [2.75, 3.05) is 26.6 Å². The quantitative estimate of drug-likeness (QED) is 0.0799. The standard InChI is InChI=1S/C37H48O4P.CH4O3S/c1-29-33(35(39)37(41-3)36(40-2)34(29)38)27-19-8-6-4-5-7-9-20-28-42(30-21-13-10-14-22-30,31-23-15-11-16-24-31)32-25-17-12-18-26-32;1-5(2,3)4/h10-18,21-26,34-35,38-39H,4-9,19-20,27-28H2,1-3H3;1H3,(H,2,3,4)/q+1;/p-1. The first-order valence-electron chi connectivity index (χ1n) is 16.4. The second-order valence-corrected chi connectivity index (χ2v) is 17.0. The lowest BCUT2D eigenvalue weighted by atomic mass is 9.87. The molecule has 0 amide bonds. The zero-order valence-corrected chi connectivity index (χ0v) is 29.9. The third-order valence-corrected chi connectivity index (χ3v) is 13.2. The summed E-state index contributed by atoms with van der Waals surface area (Å²) >= 11 is 0. The van der Waals surface area contributed by atoms with E-state index in [-0.39, 0.29) is 0 Å². The highest BCUT2D eigenvalue weighted by Crippen LogP contribution is 2.56. The van der Waals surface area contributed by atoms with E-state index in [1.54, 1.807) is 0 Å². The molecule has 1 aliphatic carbocycles. The van der Waals surface area contributed by atoms with Gasteiger partial charge in [-0.3, -0.25) is 0 Å². The number of aliphatic hydroxyl groups is 2. The molecule has 0 saturated carbocycles. The molecule has 256 valence electrons. The average Bonchev–Trinajstić information content (AvgIpc) is 3.07. The van der Waals surface area contributed by atoms with E-state index < -0.39 is 29.6 Å². The van der Waals surface area contributed by atoms with Crippen molar-refractivity contribution in [2.45, 2.75) is 76.9 Å². The second-order valence-electron chi connectivity index (χ2n) is 12.0. The first-order chi connectivity index (χ1) is 22.5. The van der Waals surface area contributed by atoms with Crippen molar-refractivity contribution < 1.29 is 32.7 Å².